The second-order valence-electron chi connectivity index (χ2n) is 8.31. The number of hydrogen-bond donors (Lipinski definition) is 0. The summed E-state index contributed by atoms with van der Waals surface area (Å²) >= 11 is 1.71. The van der Waals surface area contributed by atoms with Gasteiger partial charge in [-0.15, -0.1) is 11.3 Å². The van der Waals surface area contributed by atoms with E-state index in [1.807, 2.05) is 43.3 Å². The van der Waals surface area contributed by atoms with Crippen LogP contribution in [-0.4, -0.2) is 39.6 Å². The maximum atomic E-state index is 10.7. The van der Waals surface area contributed by atoms with Crippen molar-refractivity contribution in [2.24, 2.45) is 0 Å². The summed E-state index contributed by atoms with van der Waals surface area (Å²) in [7, 11) is 0. The van der Waals surface area contributed by atoms with Crippen molar-refractivity contribution in [3.63, 3.8) is 0 Å². The van der Waals surface area contributed by atoms with E-state index < -0.39 is 4.92 Å². The van der Waals surface area contributed by atoms with Crippen LogP contribution in [0.2, 0.25) is 0 Å². The molecule has 8 nitrogen and oxygen atoms in total. The molecule has 1 aromatic carbocycles. The van der Waals surface area contributed by atoms with Gasteiger partial charge in [-0.25, -0.2) is 4.98 Å². The number of nitrogens with zero attached hydrogens (tertiary/aromatic N) is 4. The van der Waals surface area contributed by atoms with Gasteiger partial charge in [-0.3, -0.25) is 15.0 Å². The first kappa shape index (κ1) is 22.2. The first-order valence-electron chi connectivity index (χ1n) is 11.2. The molecule has 0 spiro atoms. The molecule has 4 heterocycles. The number of hydrogen-bond acceptors (Lipinski definition) is 8. The molecule has 0 amide bonds. The fourth-order valence-electron chi connectivity index (χ4n) is 4.27. The van der Waals surface area contributed by atoms with Crippen LogP contribution in [0.3, 0.4) is 0 Å². The van der Waals surface area contributed by atoms with Gasteiger partial charge in [0.25, 0.3) is 0 Å². The van der Waals surface area contributed by atoms with Crippen molar-refractivity contribution in [1.29, 1.82) is 0 Å². The summed E-state index contributed by atoms with van der Waals surface area (Å²) in [4.78, 5) is 17.5. The third-order valence-corrected chi connectivity index (χ3v) is 7.07. The van der Waals surface area contributed by atoms with Crippen LogP contribution in [0.4, 0.5) is 5.88 Å². The molecule has 0 saturated carbocycles. The Kier molecular flexibility index (Phi) is 6.37. The highest BCUT2D eigenvalue weighted by Gasteiger charge is 2.25. The summed E-state index contributed by atoms with van der Waals surface area (Å²) in [6.45, 7) is 4.67. The fourth-order valence-corrected chi connectivity index (χ4v) is 5.25. The van der Waals surface area contributed by atoms with Gasteiger partial charge in [-0.1, -0.05) is 41.6 Å². The molecule has 0 aliphatic carbocycles. The van der Waals surface area contributed by atoms with Crippen LogP contribution >= 0.6 is 11.3 Å². The normalized spacial score (nSPS) is 15.3. The van der Waals surface area contributed by atoms with E-state index in [0.717, 1.165) is 65.8 Å². The Morgan fingerprint density at radius 2 is 2.00 bits per heavy atom. The lowest BCUT2D eigenvalue weighted by atomic mass is 9.97. The number of benzene rings is 1. The third kappa shape index (κ3) is 4.71. The van der Waals surface area contributed by atoms with Gasteiger partial charge in [-0.2, -0.15) is 0 Å². The number of likely N-dealkylation sites (tertiary alicyclic amines) is 1. The molecule has 9 heteroatoms. The molecule has 1 aliphatic rings. The average molecular weight is 477 g/mol. The Hall–Kier alpha value is -3.56. The van der Waals surface area contributed by atoms with E-state index in [0.29, 0.717) is 11.7 Å². The van der Waals surface area contributed by atoms with Crippen molar-refractivity contribution in [3.8, 4) is 22.5 Å². The number of rotatable bonds is 7. The Balaban J connectivity index is 1.20. The summed E-state index contributed by atoms with van der Waals surface area (Å²) in [6.07, 6.45) is 5.87. The molecule has 0 unspecified atom stereocenters. The summed E-state index contributed by atoms with van der Waals surface area (Å²) in [6, 6.07) is 13.0. The van der Waals surface area contributed by atoms with Crippen molar-refractivity contribution in [2.75, 3.05) is 19.6 Å². The molecule has 0 bridgehead atoms. The predicted molar refractivity (Wildman–Crippen MR) is 131 cm³/mol. The van der Waals surface area contributed by atoms with E-state index in [-0.39, 0.29) is 5.88 Å². The standard InChI is InChI=1S/C25H24N4O4S/c1-17-23(24(27-33-17)18-6-3-2-4-7-18)21-16-34-25(26-21)19-11-14-28(15-12-19)13-5-8-20-9-10-22(32-20)29(30)31/h2-10,16,19H,11-15H2,1H3/b8-5+. The molecule has 5 rings (SSSR count). The van der Waals surface area contributed by atoms with Crippen molar-refractivity contribution in [1.82, 2.24) is 15.0 Å². The second-order valence-corrected chi connectivity index (χ2v) is 9.20. The molecule has 1 aliphatic heterocycles. The van der Waals surface area contributed by atoms with E-state index in [4.69, 9.17) is 13.9 Å². The quantitative estimate of drug-likeness (QED) is 0.232. The topological polar surface area (TPSA) is 98.4 Å². The molecular weight excluding hydrogens is 452 g/mol. The molecular formula is C25H24N4O4S. The van der Waals surface area contributed by atoms with Gasteiger partial charge in [0.05, 0.1) is 22.3 Å². The summed E-state index contributed by atoms with van der Waals surface area (Å²) < 4.78 is 10.7. The van der Waals surface area contributed by atoms with Gasteiger partial charge in [0.15, 0.2) is 0 Å². The van der Waals surface area contributed by atoms with Gasteiger partial charge in [0, 0.05) is 23.4 Å². The monoisotopic (exact) mass is 476 g/mol. The molecule has 3 aromatic heterocycles. The molecule has 1 fully saturated rings. The minimum Gasteiger partial charge on any atom is -0.401 e. The molecule has 0 atom stereocenters. The minimum atomic E-state index is -0.529. The Labute approximate surface area is 200 Å². The van der Waals surface area contributed by atoms with Gasteiger partial charge in [-0.05, 0) is 45.0 Å². The number of aryl methyl sites for hydroxylation is 1. The summed E-state index contributed by atoms with van der Waals surface area (Å²) in [5.74, 6) is 1.47. The van der Waals surface area contributed by atoms with Crippen LogP contribution in [0.15, 0.2) is 62.9 Å². The zero-order valence-corrected chi connectivity index (χ0v) is 19.5. The van der Waals surface area contributed by atoms with Gasteiger partial charge in [0.2, 0.25) is 0 Å². The van der Waals surface area contributed by atoms with Gasteiger partial charge < -0.3 is 8.94 Å². The lowest BCUT2D eigenvalue weighted by Crippen LogP contribution is -2.32. The number of nitro groups is 1. The maximum Gasteiger partial charge on any atom is 0.433 e. The van der Waals surface area contributed by atoms with Crippen LogP contribution < -0.4 is 0 Å². The Bertz CT molecular complexity index is 1300. The smallest absolute Gasteiger partial charge is 0.401 e. The Morgan fingerprint density at radius 3 is 2.74 bits per heavy atom. The zero-order chi connectivity index (χ0) is 23.5. The summed E-state index contributed by atoms with van der Waals surface area (Å²) in [5.41, 5.74) is 3.75. The van der Waals surface area contributed by atoms with Crippen molar-refractivity contribution < 1.29 is 13.9 Å². The third-order valence-electron chi connectivity index (χ3n) is 6.06. The van der Waals surface area contributed by atoms with Gasteiger partial charge in [0.1, 0.15) is 22.1 Å². The van der Waals surface area contributed by atoms with Crippen LogP contribution in [-0.2, 0) is 0 Å². The van der Waals surface area contributed by atoms with E-state index >= 15 is 0 Å². The largest absolute Gasteiger partial charge is 0.433 e. The molecule has 34 heavy (non-hydrogen) atoms. The number of furan rings is 1. The van der Waals surface area contributed by atoms with Gasteiger partial charge >= 0.3 is 5.88 Å². The number of thiazole rings is 1. The van der Waals surface area contributed by atoms with E-state index in [1.54, 1.807) is 23.5 Å². The molecule has 1 saturated heterocycles. The first-order chi connectivity index (χ1) is 16.6. The summed E-state index contributed by atoms with van der Waals surface area (Å²) in [5, 5.41) is 18.3. The van der Waals surface area contributed by atoms with Crippen molar-refractivity contribution >= 4 is 23.3 Å². The highest BCUT2D eigenvalue weighted by molar-refractivity contribution is 7.10. The molecule has 174 valence electrons. The highest BCUT2D eigenvalue weighted by atomic mass is 32.1. The van der Waals surface area contributed by atoms with Crippen molar-refractivity contribution in [3.05, 3.63) is 80.6 Å². The zero-order valence-electron chi connectivity index (χ0n) is 18.7. The van der Waals surface area contributed by atoms with E-state index in [1.165, 1.54) is 6.07 Å². The lowest BCUT2D eigenvalue weighted by molar-refractivity contribution is -0.402. The SMILES string of the molecule is Cc1onc(-c2ccccc2)c1-c1csc(C2CCN(C/C=C/c3ccc([N+](=O)[O-])o3)CC2)n1. The minimum absolute atomic E-state index is 0.236. The molecule has 4 aromatic rings. The predicted octanol–water partition coefficient (Wildman–Crippen LogP) is 6.17. The average Bonchev–Trinajstić information content (AvgIpc) is 3.60. The molecule has 0 N–H and O–H groups in total. The van der Waals surface area contributed by atoms with Crippen LogP contribution in [0.25, 0.3) is 28.6 Å². The van der Waals surface area contributed by atoms with E-state index in [9.17, 15) is 10.1 Å². The molecule has 0 radical (unpaired) electrons. The van der Waals surface area contributed by atoms with E-state index in [2.05, 4.69) is 15.4 Å². The van der Waals surface area contributed by atoms with Crippen LogP contribution in [0.5, 0.6) is 0 Å². The fraction of sp³-hybridized carbons (Fsp3) is 0.280. The van der Waals surface area contributed by atoms with Crippen LogP contribution in [0, 0.1) is 17.0 Å². The Morgan fingerprint density at radius 1 is 1.21 bits per heavy atom. The number of piperidine rings is 1. The maximum absolute atomic E-state index is 10.7. The highest BCUT2D eigenvalue weighted by Crippen LogP contribution is 2.37. The first-order valence-corrected chi connectivity index (χ1v) is 12.1. The lowest BCUT2D eigenvalue weighted by Gasteiger charge is -2.30. The number of aromatic nitrogens is 2. The second kappa shape index (κ2) is 9.74. The van der Waals surface area contributed by atoms with Crippen molar-refractivity contribution in [2.45, 2.75) is 25.7 Å². The van der Waals surface area contributed by atoms with Crippen LogP contribution in [0.1, 0.15) is 35.3 Å².